The smallest absolute Gasteiger partial charge is 0.237 e. The van der Waals surface area contributed by atoms with E-state index in [9.17, 15) is 4.79 Å². The molecule has 24 heavy (non-hydrogen) atoms. The summed E-state index contributed by atoms with van der Waals surface area (Å²) in [5.74, 6) is 0.912. The maximum atomic E-state index is 12.4. The number of nitrogens with one attached hydrogen (secondary N) is 1. The fraction of sp³-hybridized carbons (Fsp3) is 0.263. The molecule has 0 bridgehead atoms. The van der Waals surface area contributed by atoms with Crippen molar-refractivity contribution in [2.24, 2.45) is 0 Å². The van der Waals surface area contributed by atoms with Crippen molar-refractivity contribution in [2.45, 2.75) is 36.8 Å². The van der Waals surface area contributed by atoms with E-state index in [0.29, 0.717) is 5.89 Å². The monoisotopic (exact) mass is 340 g/mol. The average molecular weight is 340 g/mol. The van der Waals surface area contributed by atoms with E-state index in [0.717, 1.165) is 21.7 Å². The van der Waals surface area contributed by atoms with Gasteiger partial charge < -0.3 is 9.73 Å². The Kier molecular flexibility index (Phi) is 4.90. The topological polar surface area (TPSA) is 55.1 Å². The van der Waals surface area contributed by atoms with E-state index in [-0.39, 0.29) is 17.1 Å². The predicted octanol–water partition coefficient (Wildman–Crippen LogP) is 5.07. The highest BCUT2D eigenvalue weighted by Gasteiger charge is 2.15. The van der Waals surface area contributed by atoms with Gasteiger partial charge in [0, 0.05) is 16.5 Å². The first-order chi connectivity index (χ1) is 11.5. The summed E-state index contributed by atoms with van der Waals surface area (Å²) in [7, 11) is 0. The van der Waals surface area contributed by atoms with Gasteiger partial charge in [0.2, 0.25) is 5.91 Å². The molecule has 0 aliphatic carbocycles. The number of nitrogens with zero attached hydrogens (tertiary/aromatic N) is 1. The molecule has 0 aliphatic heterocycles. The van der Waals surface area contributed by atoms with Crippen LogP contribution in [0.1, 0.15) is 32.6 Å². The minimum atomic E-state index is -0.188. The third-order valence-corrected chi connectivity index (χ3v) is 4.70. The molecule has 3 aromatic rings. The number of fused-ring (bicyclic) bond motifs is 1. The zero-order valence-electron chi connectivity index (χ0n) is 13.9. The normalized spacial score (nSPS) is 12.5. The van der Waals surface area contributed by atoms with Gasteiger partial charge in [-0.15, -0.1) is 11.8 Å². The Bertz CT molecular complexity index is 843. The van der Waals surface area contributed by atoms with E-state index < -0.39 is 0 Å². The number of hydrogen-bond donors (Lipinski definition) is 1. The van der Waals surface area contributed by atoms with Crippen molar-refractivity contribution in [3.63, 3.8) is 0 Å². The second-order valence-corrected chi connectivity index (χ2v) is 7.37. The molecule has 2 aromatic carbocycles. The van der Waals surface area contributed by atoms with Crippen molar-refractivity contribution in [3.8, 4) is 0 Å². The molecule has 0 radical (unpaired) electrons. The van der Waals surface area contributed by atoms with Crippen LogP contribution in [-0.4, -0.2) is 16.1 Å². The second-order valence-electron chi connectivity index (χ2n) is 5.95. The van der Waals surface area contributed by atoms with Crippen LogP contribution in [0, 0.1) is 0 Å². The minimum absolute atomic E-state index is 0.0317. The minimum Gasteiger partial charge on any atom is -0.440 e. The Morgan fingerprint density at radius 2 is 1.88 bits per heavy atom. The largest absolute Gasteiger partial charge is 0.440 e. The fourth-order valence-corrected chi connectivity index (χ4v) is 3.16. The molecule has 0 aliphatic rings. The Morgan fingerprint density at radius 3 is 2.58 bits per heavy atom. The van der Waals surface area contributed by atoms with Crippen LogP contribution in [0.25, 0.3) is 11.1 Å². The third kappa shape index (κ3) is 3.79. The van der Waals surface area contributed by atoms with E-state index >= 15 is 0 Å². The number of oxazole rings is 1. The first-order valence-electron chi connectivity index (χ1n) is 7.96. The molecule has 124 valence electrons. The molecule has 5 heteroatoms. The van der Waals surface area contributed by atoms with Gasteiger partial charge in [0.25, 0.3) is 0 Å². The summed E-state index contributed by atoms with van der Waals surface area (Å²) in [4.78, 5) is 17.9. The Balaban J connectivity index is 1.70. The van der Waals surface area contributed by atoms with Gasteiger partial charge in [-0.1, -0.05) is 32.0 Å². The highest BCUT2D eigenvalue weighted by atomic mass is 32.2. The van der Waals surface area contributed by atoms with Crippen LogP contribution >= 0.6 is 11.8 Å². The zero-order chi connectivity index (χ0) is 17.1. The molecular formula is C19H20N2O2S. The van der Waals surface area contributed by atoms with Gasteiger partial charge in [-0.05, 0) is 37.3 Å². The predicted molar refractivity (Wildman–Crippen MR) is 98.5 cm³/mol. The lowest BCUT2D eigenvalue weighted by Crippen LogP contribution is -2.22. The number of carbonyl (C=O) groups excluding carboxylic acids is 1. The molecule has 0 saturated heterocycles. The summed E-state index contributed by atoms with van der Waals surface area (Å²) >= 11 is 1.54. The third-order valence-electron chi connectivity index (χ3n) is 3.59. The van der Waals surface area contributed by atoms with Crippen LogP contribution in [-0.2, 0) is 4.79 Å². The van der Waals surface area contributed by atoms with Crippen molar-refractivity contribution in [1.82, 2.24) is 4.98 Å². The second kappa shape index (κ2) is 7.09. The summed E-state index contributed by atoms with van der Waals surface area (Å²) in [5.41, 5.74) is 2.24. The standard InChI is InChI=1S/C19H20N2O2S/c1-12(2)19-21-16-11-14(9-10-17(16)23-19)20-18(22)13(3)24-15-7-5-4-6-8-15/h4-13H,1-3H3,(H,20,22). The van der Waals surface area contributed by atoms with Crippen LogP contribution in [0.15, 0.2) is 57.8 Å². The SMILES string of the molecule is CC(Sc1ccccc1)C(=O)Nc1ccc2oc(C(C)C)nc2c1. The molecule has 1 N–H and O–H groups in total. The van der Waals surface area contributed by atoms with Gasteiger partial charge >= 0.3 is 0 Å². The number of amides is 1. The number of rotatable bonds is 5. The number of anilines is 1. The van der Waals surface area contributed by atoms with Gasteiger partial charge in [-0.2, -0.15) is 0 Å². The van der Waals surface area contributed by atoms with E-state index in [1.54, 1.807) is 0 Å². The van der Waals surface area contributed by atoms with Gasteiger partial charge in [0.15, 0.2) is 11.5 Å². The lowest BCUT2D eigenvalue weighted by Gasteiger charge is -2.11. The van der Waals surface area contributed by atoms with Crippen molar-refractivity contribution in [1.29, 1.82) is 0 Å². The quantitative estimate of drug-likeness (QED) is 0.659. The number of hydrogen-bond acceptors (Lipinski definition) is 4. The zero-order valence-corrected chi connectivity index (χ0v) is 14.8. The van der Waals surface area contributed by atoms with E-state index in [4.69, 9.17) is 4.42 Å². The number of benzene rings is 2. The van der Waals surface area contributed by atoms with Gasteiger partial charge in [0.1, 0.15) is 5.52 Å². The van der Waals surface area contributed by atoms with E-state index in [1.165, 1.54) is 11.8 Å². The number of carbonyl (C=O) groups is 1. The molecule has 3 rings (SSSR count). The van der Waals surface area contributed by atoms with Crippen LogP contribution in [0.2, 0.25) is 0 Å². The molecule has 1 amide bonds. The summed E-state index contributed by atoms with van der Waals surface area (Å²) in [5, 5.41) is 2.76. The maximum Gasteiger partial charge on any atom is 0.237 e. The highest BCUT2D eigenvalue weighted by Crippen LogP contribution is 2.26. The number of aromatic nitrogens is 1. The van der Waals surface area contributed by atoms with Crippen LogP contribution in [0.5, 0.6) is 0 Å². The Hall–Kier alpha value is -2.27. The lowest BCUT2D eigenvalue weighted by atomic mass is 10.2. The molecule has 4 nitrogen and oxygen atoms in total. The van der Waals surface area contributed by atoms with Crippen molar-refractivity contribution in [2.75, 3.05) is 5.32 Å². The summed E-state index contributed by atoms with van der Waals surface area (Å²) in [6, 6.07) is 15.5. The van der Waals surface area contributed by atoms with Crippen LogP contribution in [0.4, 0.5) is 5.69 Å². The highest BCUT2D eigenvalue weighted by molar-refractivity contribution is 8.00. The summed E-state index contributed by atoms with van der Waals surface area (Å²) in [6.45, 7) is 5.98. The molecule has 1 aromatic heterocycles. The molecule has 0 fully saturated rings. The summed E-state index contributed by atoms with van der Waals surface area (Å²) in [6.07, 6.45) is 0. The number of thioether (sulfide) groups is 1. The Morgan fingerprint density at radius 1 is 1.12 bits per heavy atom. The van der Waals surface area contributed by atoms with Crippen LogP contribution in [0.3, 0.4) is 0 Å². The molecular weight excluding hydrogens is 320 g/mol. The summed E-state index contributed by atoms with van der Waals surface area (Å²) < 4.78 is 5.69. The van der Waals surface area contributed by atoms with Crippen LogP contribution < -0.4 is 5.32 Å². The van der Waals surface area contributed by atoms with E-state index in [1.807, 2.05) is 69.3 Å². The Labute approximate surface area is 145 Å². The molecule has 0 saturated carbocycles. The lowest BCUT2D eigenvalue weighted by molar-refractivity contribution is -0.115. The first kappa shape index (κ1) is 16.6. The van der Waals surface area contributed by atoms with Crippen molar-refractivity contribution < 1.29 is 9.21 Å². The van der Waals surface area contributed by atoms with Gasteiger partial charge in [0.05, 0.1) is 5.25 Å². The fourth-order valence-electron chi connectivity index (χ4n) is 2.27. The van der Waals surface area contributed by atoms with Crippen molar-refractivity contribution >= 4 is 34.5 Å². The molecule has 1 heterocycles. The first-order valence-corrected chi connectivity index (χ1v) is 8.84. The van der Waals surface area contributed by atoms with Crippen molar-refractivity contribution in [3.05, 3.63) is 54.4 Å². The van der Waals surface area contributed by atoms with Gasteiger partial charge in [-0.25, -0.2) is 4.98 Å². The van der Waals surface area contributed by atoms with E-state index in [2.05, 4.69) is 10.3 Å². The average Bonchev–Trinajstić information content (AvgIpc) is 2.99. The maximum absolute atomic E-state index is 12.4. The molecule has 1 atom stereocenters. The molecule has 1 unspecified atom stereocenters. The molecule has 0 spiro atoms. The van der Waals surface area contributed by atoms with Gasteiger partial charge in [-0.3, -0.25) is 4.79 Å².